The van der Waals surface area contributed by atoms with E-state index in [-0.39, 0.29) is 18.4 Å². The van der Waals surface area contributed by atoms with Gasteiger partial charge in [-0.2, -0.15) is 0 Å². The Balaban J connectivity index is 1.91. The summed E-state index contributed by atoms with van der Waals surface area (Å²) in [6.45, 7) is 5.92. The van der Waals surface area contributed by atoms with Gasteiger partial charge in [0.25, 0.3) is 0 Å². The minimum Gasteiger partial charge on any atom is -0.378 e. The van der Waals surface area contributed by atoms with Crippen molar-refractivity contribution >= 4 is 17.5 Å². The molecule has 1 saturated heterocycles. The molecule has 1 heterocycles. The van der Waals surface area contributed by atoms with E-state index in [0.717, 1.165) is 5.56 Å². The van der Waals surface area contributed by atoms with E-state index in [1.54, 1.807) is 36.8 Å². The largest absolute Gasteiger partial charge is 0.378 e. The lowest BCUT2D eigenvalue weighted by Crippen LogP contribution is -2.48. The number of likely N-dealkylation sites (N-methyl/N-ethyl adjacent to an activating group) is 1. The average molecular weight is 337 g/mol. The number of benzene rings is 1. The summed E-state index contributed by atoms with van der Waals surface area (Å²) in [6.07, 6.45) is 0. The Bertz CT molecular complexity index is 603. The van der Waals surface area contributed by atoms with Crippen LogP contribution in [0.3, 0.4) is 0 Å². The number of hydrogen-bond donors (Lipinski definition) is 1. The molecule has 1 aromatic carbocycles. The number of carbonyl (C=O) groups excluding carboxylic acids is 2. The predicted molar refractivity (Wildman–Crippen MR) is 89.3 cm³/mol. The molecule has 0 radical (unpaired) electrons. The van der Waals surface area contributed by atoms with Crippen LogP contribution in [0.25, 0.3) is 0 Å². The molecule has 1 aliphatic rings. The van der Waals surface area contributed by atoms with Gasteiger partial charge in [0.15, 0.2) is 0 Å². The van der Waals surface area contributed by atoms with Crippen LogP contribution in [0, 0.1) is 12.7 Å². The summed E-state index contributed by atoms with van der Waals surface area (Å²) in [5, 5.41) is 2.72. The van der Waals surface area contributed by atoms with Crippen LogP contribution in [-0.4, -0.2) is 67.6 Å². The highest BCUT2D eigenvalue weighted by atomic mass is 19.1. The van der Waals surface area contributed by atoms with Crippen LogP contribution < -0.4 is 5.32 Å². The number of nitrogens with one attached hydrogen (secondary N) is 1. The SMILES string of the molecule is Cc1ccc(F)cc1NC(=O)C(C)N(C)CC(=O)N1CCOCC1. The summed E-state index contributed by atoms with van der Waals surface area (Å²) in [5.74, 6) is -0.706. The first kappa shape index (κ1) is 18.4. The molecule has 132 valence electrons. The van der Waals surface area contributed by atoms with E-state index in [2.05, 4.69) is 5.32 Å². The van der Waals surface area contributed by atoms with Crippen LogP contribution in [0.4, 0.5) is 10.1 Å². The second kappa shape index (κ2) is 8.21. The second-order valence-electron chi connectivity index (χ2n) is 6.03. The number of aryl methyl sites for hydroxylation is 1. The van der Waals surface area contributed by atoms with Crippen molar-refractivity contribution in [1.82, 2.24) is 9.80 Å². The van der Waals surface area contributed by atoms with Gasteiger partial charge in [0.05, 0.1) is 25.8 Å². The minimum absolute atomic E-state index is 0.0256. The Morgan fingerprint density at radius 3 is 2.71 bits per heavy atom. The zero-order valence-corrected chi connectivity index (χ0v) is 14.3. The van der Waals surface area contributed by atoms with Crippen molar-refractivity contribution in [2.45, 2.75) is 19.9 Å². The zero-order valence-electron chi connectivity index (χ0n) is 14.3. The third kappa shape index (κ3) is 4.75. The molecule has 1 N–H and O–H groups in total. The highest BCUT2D eigenvalue weighted by molar-refractivity contribution is 5.95. The normalized spacial score (nSPS) is 16.1. The molecule has 0 aliphatic carbocycles. The first-order valence-electron chi connectivity index (χ1n) is 8.01. The standard InChI is InChI=1S/C17H24FN3O3/c1-12-4-5-14(18)10-15(12)19-17(23)13(2)20(3)11-16(22)21-6-8-24-9-7-21/h4-5,10,13H,6-9,11H2,1-3H3,(H,19,23). The fourth-order valence-corrected chi connectivity index (χ4v) is 2.43. The molecule has 1 aliphatic heterocycles. The molecule has 2 rings (SSSR count). The maximum absolute atomic E-state index is 13.3. The number of amides is 2. The van der Waals surface area contributed by atoms with Crippen molar-refractivity contribution < 1.29 is 18.7 Å². The van der Waals surface area contributed by atoms with E-state index in [4.69, 9.17) is 4.74 Å². The summed E-state index contributed by atoms with van der Waals surface area (Å²) in [5.41, 5.74) is 1.23. The van der Waals surface area contributed by atoms with Gasteiger partial charge in [0.1, 0.15) is 5.82 Å². The number of ether oxygens (including phenoxy) is 1. The Kier molecular flexibility index (Phi) is 6.28. The number of hydrogen-bond acceptors (Lipinski definition) is 4. The van der Waals surface area contributed by atoms with Crippen molar-refractivity contribution in [3.05, 3.63) is 29.6 Å². The summed E-state index contributed by atoms with van der Waals surface area (Å²) >= 11 is 0. The van der Waals surface area contributed by atoms with Crippen LogP contribution in [0.1, 0.15) is 12.5 Å². The van der Waals surface area contributed by atoms with Gasteiger partial charge in [-0.05, 0) is 38.6 Å². The van der Waals surface area contributed by atoms with Crippen molar-refractivity contribution in [2.24, 2.45) is 0 Å². The number of anilines is 1. The Morgan fingerprint density at radius 1 is 1.38 bits per heavy atom. The van der Waals surface area contributed by atoms with Crippen LogP contribution in [0.15, 0.2) is 18.2 Å². The maximum Gasteiger partial charge on any atom is 0.241 e. The third-order valence-electron chi connectivity index (χ3n) is 4.25. The van der Waals surface area contributed by atoms with E-state index < -0.39 is 11.9 Å². The fourth-order valence-electron chi connectivity index (χ4n) is 2.43. The molecule has 1 atom stereocenters. The average Bonchev–Trinajstić information content (AvgIpc) is 2.58. The lowest BCUT2D eigenvalue weighted by molar-refractivity contribution is -0.137. The molecule has 0 spiro atoms. The van der Waals surface area contributed by atoms with Gasteiger partial charge in [0.2, 0.25) is 11.8 Å². The van der Waals surface area contributed by atoms with Gasteiger partial charge >= 0.3 is 0 Å². The topological polar surface area (TPSA) is 61.9 Å². The zero-order chi connectivity index (χ0) is 17.7. The monoisotopic (exact) mass is 337 g/mol. The molecule has 0 bridgehead atoms. The number of rotatable bonds is 5. The van der Waals surface area contributed by atoms with Gasteiger partial charge in [-0.25, -0.2) is 4.39 Å². The molecule has 2 amide bonds. The molecular formula is C17H24FN3O3. The molecular weight excluding hydrogens is 313 g/mol. The number of halogens is 1. The summed E-state index contributed by atoms with van der Waals surface area (Å²) in [6, 6.07) is 3.74. The quantitative estimate of drug-likeness (QED) is 0.878. The highest BCUT2D eigenvalue weighted by Crippen LogP contribution is 2.16. The Morgan fingerprint density at radius 2 is 2.04 bits per heavy atom. The van der Waals surface area contributed by atoms with Crippen molar-refractivity contribution in [1.29, 1.82) is 0 Å². The first-order valence-corrected chi connectivity index (χ1v) is 8.01. The molecule has 24 heavy (non-hydrogen) atoms. The molecule has 6 nitrogen and oxygen atoms in total. The van der Waals surface area contributed by atoms with Gasteiger partial charge in [-0.1, -0.05) is 6.07 Å². The van der Waals surface area contributed by atoms with Gasteiger partial charge < -0.3 is 15.0 Å². The van der Waals surface area contributed by atoms with Crippen LogP contribution in [0.2, 0.25) is 0 Å². The second-order valence-corrected chi connectivity index (χ2v) is 6.03. The molecule has 0 saturated carbocycles. The molecule has 0 aromatic heterocycles. The number of carbonyl (C=O) groups is 2. The van der Waals surface area contributed by atoms with Crippen molar-refractivity contribution in [3.63, 3.8) is 0 Å². The molecule has 1 fully saturated rings. The van der Waals surface area contributed by atoms with Crippen molar-refractivity contribution in [3.8, 4) is 0 Å². The van der Waals surface area contributed by atoms with E-state index in [9.17, 15) is 14.0 Å². The van der Waals surface area contributed by atoms with Gasteiger partial charge in [-0.3, -0.25) is 14.5 Å². The molecule has 1 unspecified atom stereocenters. The summed E-state index contributed by atoms with van der Waals surface area (Å²) in [4.78, 5) is 28.0. The number of morpholine rings is 1. The van der Waals surface area contributed by atoms with E-state index in [1.165, 1.54) is 12.1 Å². The van der Waals surface area contributed by atoms with E-state index >= 15 is 0 Å². The number of nitrogens with zero attached hydrogens (tertiary/aromatic N) is 2. The fraction of sp³-hybridized carbons (Fsp3) is 0.529. The van der Waals surface area contributed by atoms with Gasteiger partial charge in [0, 0.05) is 18.8 Å². The van der Waals surface area contributed by atoms with Gasteiger partial charge in [-0.15, -0.1) is 0 Å². The molecule has 7 heteroatoms. The van der Waals surface area contributed by atoms with E-state index in [1.807, 2.05) is 0 Å². The van der Waals surface area contributed by atoms with E-state index in [0.29, 0.717) is 32.0 Å². The lowest BCUT2D eigenvalue weighted by atomic mass is 10.2. The summed E-state index contributed by atoms with van der Waals surface area (Å²) < 4.78 is 18.5. The Hall–Kier alpha value is -1.99. The molecule has 1 aromatic rings. The summed E-state index contributed by atoms with van der Waals surface area (Å²) in [7, 11) is 1.72. The minimum atomic E-state index is -0.516. The van der Waals surface area contributed by atoms with Crippen LogP contribution in [-0.2, 0) is 14.3 Å². The van der Waals surface area contributed by atoms with Crippen LogP contribution >= 0.6 is 0 Å². The first-order chi connectivity index (χ1) is 11.4. The van der Waals surface area contributed by atoms with Crippen LogP contribution in [0.5, 0.6) is 0 Å². The lowest BCUT2D eigenvalue weighted by Gasteiger charge is -2.30. The Labute approximate surface area is 141 Å². The smallest absolute Gasteiger partial charge is 0.241 e. The predicted octanol–water partition coefficient (Wildman–Crippen LogP) is 1.25. The maximum atomic E-state index is 13.3. The highest BCUT2D eigenvalue weighted by Gasteiger charge is 2.24. The third-order valence-corrected chi connectivity index (χ3v) is 4.25. The van der Waals surface area contributed by atoms with Crippen molar-refractivity contribution in [2.75, 3.05) is 45.2 Å².